The molecule has 142 valence electrons. The summed E-state index contributed by atoms with van der Waals surface area (Å²) in [6, 6.07) is 11.9. The number of benzene rings is 1. The van der Waals surface area contributed by atoms with Crippen molar-refractivity contribution in [2.45, 2.75) is 26.3 Å². The molecule has 3 heterocycles. The van der Waals surface area contributed by atoms with Crippen molar-refractivity contribution in [2.24, 2.45) is 11.7 Å². The van der Waals surface area contributed by atoms with Gasteiger partial charge in [-0.25, -0.2) is 4.98 Å². The molecule has 1 aliphatic heterocycles. The number of hydrogen-bond donors (Lipinski definition) is 1. The smallest absolute Gasteiger partial charge is 0.259 e. The molecular weight excluding hydrogens is 362 g/mol. The first-order chi connectivity index (χ1) is 12.7. The number of piperidine rings is 1. The van der Waals surface area contributed by atoms with Crippen LogP contribution in [-0.2, 0) is 6.54 Å². The number of nitrogens with zero attached hydrogens (tertiary/aromatic N) is 4. The highest BCUT2D eigenvalue weighted by molar-refractivity contribution is 5.85. The summed E-state index contributed by atoms with van der Waals surface area (Å²) in [5, 5.41) is 4.08. The van der Waals surface area contributed by atoms with E-state index in [4.69, 9.17) is 10.3 Å². The minimum absolute atomic E-state index is 0. The van der Waals surface area contributed by atoms with Crippen LogP contribution in [0.15, 0.2) is 47.1 Å². The second kappa shape index (κ2) is 8.50. The van der Waals surface area contributed by atoms with E-state index in [-0.39, 0.29) is 12.4 Å². The molecule has 1 saturated heterocycles. The van der Waals surface area contributed by atoms with Crippen LogP contribution < -0.4 is 10.6 Å². The normalized spacial score (nSPS) is 14.8. The molecule has 0 amide bonds. The van der Waals surface area contributed by atoms with Crippen molar-refractivity contribution >= 4 is 18.2 Å². The molecular formula is C20H24ClN5O. The second-order valence-corrected chi connectivity index (χ2v) is 6.90. The van der Waals surface area contributed by atoms with Crippen LogP contribution in [0.5, 0.6) is 0 Å². The van der Waals surface area contributed by atoms with E-state index in [1.165, 1.54) is 12.8 Å². The molecule has 27 heavy (non-hydrogen) atoms. The molecule has 0 atom stereocenters. The predicted molar refractivity (Wildman–Crippen MR) is 109 cm³/mol. The zero-order valence-electron chi connectivity index (χ0n) is 15.3. The predicted octanol–water partition coefficient (Wildman–Crippen LogP) is 3.92. The van der Waals surface area contributed by atoms with Gasteiger partial charge < -0.3 is 15.2 Å². The van der Waals surface area contributed by atoms with E-state index in [2.05, 4.69) is 26.9 Å². The van der Waals surface area contributed by atoms with Crippen molar-refractivity contribution in [1.82, 2.24) is 15.1 Å². The van der Waals surface area contributed by atoms with Gasteiger partial charge in [0.25, 0.3) is 5.89 Å². The molecule has 1 fully saturated rings. The lowest BCUT2D eigenvalue weighted by Crippen LogP contribution is -2.33. The summed E-state index contributed by atoms with van der Waals surface area (Å²) < 4.78 is 5.42. The van der Waals surface area contributed by atoms with E-state index in [1.807, 2.05) is 42.6 Å². The lowest BCUT2D eigenvalue weighted by Gasteiger charge is -2.31. The van der Waals surface area contributed by atoms with Crippen molar-refractivity contribution in [1.29, 1.82) is 0 Å². The monoisotopic (exact) mass is 385 g/mol. The Morgan fingerprint density at radius 3 is 2.41 bits per heavy atom. The molecule has 2 N–H and O–H groups in total. The highest BCUT2D eigenvalue weighted by atomic mass is 35.5. The molecule has 0 unspecified atom stereocenters. The Morgan fingerprint density at radius 2 is 1.78 bits per heavy atom. The van der Waals surface area contributed by atoms with E-state index >= 15 is 0 Å². The number of halogens is 1. The fraction of sp³-hybridized carbons (Fsp3) is 0.350. The van der Waals surface area contributed by atoms with Crippen LogP contribution in [0.25, 0.3) is 22.8 Å². The maximum atomic E-state index is 5.63. The van der Waals surface area contributed by atoms with Gasteiger partial charge in [-0.2, -0.15) is 4.98 Å². The second-order valence-electron chi connectivity index (χ2n) is 6.90. The molecule has 1 aliphatic rings. The summed E-state index contributed by atoms with van der Waals surface area (Å²) in [6.45, 7) is 4.96. The molecule has 1 aromatic carbocycles. The summed E-state index contributed by atoms with van der Waals surface area (Å²) in [5.41, 5.74) is 8.44. The van der Waals surface area contributed by atoms with Gasteiger partial charge in [-0.3, -0.25) is 0 Å². The summed E-state index contributed by atoms with van der Waals surface area (Å²) in [6.07, 6.45) is 4.25. The van der Waals surface area contributed by atoms with E-state index in [1.54, 1.807) is 0 Å². The largest absolute Gasteiger partial charge is 0.357 e. The van der Waals surface area contributed by atoms with Gasteiger partial charge in [-0.05, 0) is 36.5 Å². The van der Waals surface area contributed by atoms with E-state index in [0.717, 1.165) is 41.5 Å². The summed E-state index contributed by atoms with van der Waals surface area (Å²) in [4.78, 5) is 11.4. The fourth-order valence-electron chi connectivity index (χ4n) is 3.19. The van der Waals surface area contributed by atoms with Crippen molar-refractivity contribution in [3.05, 3.63) is 48.2 Å². The molecule has 7 heteroatoms. The molecule has 0 spiro atoms. The molecule has 0 aliphatic carbocycles. The topological polar surface area (TPSA) is 81.1 Å². The first kappa shape index (κ1) is 19.3. The molecule has 0 saturated carbocycles. The van der Waals surface area contributed by atoms with E-state index < -0.39 is 0 Å². The third-order valence-electron chi connectivity index (χ3n) is 4.98. The number of aromatic nitrogens is 3. The number of rotatable bonds is 4. The maximum Gasteiger partial charge on any atom is 0.259 e. The Labute approximate surface area is 165 Å². The Kier molecular flexibility index (Phi) is 6.08. The number of nitrogens with two attached hydrogens (primary N) is 1. The minimum Gasteiger partial charge on any atom is -0.357 e. The summed E-state index contributed by atoms with van der Waals surface area (Å²) in [5.74, 6) is 2.87. The van der Waals surface area contributed by atoms with Crippen molar-refractivity contribution < 1.29 is 4.52 Å². The Morgan fingerprint density at radius 1 is 1.07 bits per heavy atom. The van der Waals surface area contributed by atoms with Crippen LogP contribution in [0.2, 0.25) is 0 Å². The summed E-state index contributed by atoms with van der Waals surface area (Å²) in [7, 11) is 0. The van der Waals surface area contributed by atoms with Crippen LogP contribution in [0.3, 0.4) is 0 Å². The van der Waals surface area contributed by atoms with Crippen LogP contribution in [-0.4, -0.2) is 28.2 Å². The SMILES string of the molecule is CC1CCN(c2ccc(-c3nc(-c4ccc(CN)cc4)no3)cn2)CC1.Cl. The number of hydrogen-bond acceptors (Lipinski definition) is 6. The van der Waals surface area contributed by atoms with Crippen molar-refractivity contribution in [3.63, 3.8) is 0 Å². The Balaban J connectivity index is 0.00000210. The molecule has 2 aromatic heterocycles. The van der Waals surface area contributed by atoms with Gasteiger partial charge in [0.1, 0.15) is 5.82 Å². The Hall–Kier alpha value is -2.44. The van der Waals surface area contributed by atoms with Gasteiger partial charge in [0.05, 0.1) is 5.56 Å². The lowest BCUT2D eigenvalue weighted by molar-refractivity contribution is 0.431. The van der Waals surface area contributed by atoms with Crippen LogP contribution in [0.4, 0.5) is 5.82 Å². The van der Waals surface area contributed by atoms with Gasteiger partial charge in [0, 0.05) is 31.4 Å². The average molecular weight is 386 g/mol. The van der Waals surface area contributed by atoms with Crippen LogP contribution in [0.1, 0.15) is 25.3 Å². The van der Waals surface area contributed by atoms with E-state index in [0.29, 0.717) is 18.3 Å². The quantitative estimate of drug-likeness (QED) is 0.733. The standard InChI is InChI=1S/C20H23N5O.ClH/c1-14-8-10-25(11-9-14)18-7-6-17(13-22-18)20-23-19(24-26-20)16-4-2-15(12-21)3-5-16;/h2-7,13-14H,8-12,21H2,1H3;1H. The zero-order valence-corrected chi connectivity index (χ0v) is 16.2. The summed E-state index contributed by atoms with van der Waals surface area (Å²) >= 11 is 0. The minimum atomic E-state index is 0. The van der Waals surface area contributed by atoms with E-state index in [9.17, 15) is 0 Å². The average Bonchev–Trinajstić information content (AvgIpc) is 3.19. The van der Waals surface area contributed by atoms with Gasteiger partial charge in [-0.15, -0.1) is 12.4 Å². The van der Waals surface area contributed by atoms with Gasteiger partial charge in [0.2, 0.25) is 5.82 Å². The number of anilines is 1. The van der Waals surface area contributed by atoms with Crippen LogP contribution >= 0.6 is 12.4 Å². The number of pyridine rings is 1. The molecule has 4 rings (SSSR count). The highest BCUT2D eigenvalue weighted by Gasteiger charge is 2.17. The highest BCUT2D eigenvalue weighted by Crippen LogP contribution is 2.25. The van der Waals surface area contributed by atoms with Gasteiger partial charge in [0.15, 0.2) is 0 Å². The van der Waals surface area contributed by atoms with Gasteiger partial charge >= 0.3 is 0 Å². The fourth-order valence-corrected chi connectivity index (χ4v) is 3.19. The Bertz CT molecular complexity index is 855. The first-order valence-corrected chi connectivity index (χ1v) is 9.07. The molecule has 0 bridgehead atoms. The first-order valence-electron chi connectivity index (χ1n) is 9.07. The lowest BCUT2D eigenvalue weighted by atomic mass is 9.99. The van der Waals surface area contributed by atoms with Crippen LogP contribution in [0, 0.1) is 5.92 Å². The van der Waals surface area contributed by atoms with Crippen molar-refractivity contribution in [2.75, 3.05) is 18.0 Å². The molecule has 3 aromatic rings. The third-order valence-corrected chi connectivity index (χ3v) is 4.98. The van der Waals surface area contributed by atoms with Gasteiger partial charge in [-0.1, -0.05) is 36.3 Å². The van der Waals surface area contributed by atoms with Crippen molar-refractivity contribution in [3.8, 4) is 22.8 Å². The molecule has 6 nitrogen and oxygen atoms in total. The molecule has 0 radical (unpaired) electrons. The maximum absolute atomic E-state index is 5.63. The zero-order chi connectivity index (χ0) is 17.9. The third kappa shape index (κ3) is 4.28.